The molecule has 7 nitrogen and oxygen atoms in total. The summed E-state index contributed by atoms with van der Waals surface area (Å²) in [6.07, 6.45) is -4.86. The number of rotatable bonds is 4. The van der Waals surface area contributed by atoms with Crippen LogP contribution in [-0.2, 0) is 10.9 Å². The van der Waals surface area contributed by atoms with Gasteiger partial charge in [-0.1, -0.05) is 29.8 Å². The van der Waals surface area contributed by atoms with Crippen molar-refractivity contribution in [2.75, 3.05) is 7.11 Å². The van der Waals surface area contributed by atoms with E-state index in [9.17, 15) is 27.6 Å². The van der Waals surface area contributed by atoms with Gasteiger partial charge in [-0.05, 0) is 42.5 Å². The highest BCUT2D eigenvalue weighted by Gasteiger charge is 2.37. The minimum Gasteiger partial charge on any atom is -0.465 e. The molecule has 0 atom stereocenters. The Labute approximate surface area is 200 Å². The van der Waals surface area contributed by atoms with Crippen molar-refractivity contribution in [2.24, 2.45) is 5.73 Å². The van der Waals surface area contributed by atoms with Crippen LogP contribution in [0.15, 0.2) is 60.7 Å². The van der Waals surface area contributed by atoms with Crippen LogP contribution >= 0.6 is 11.6 Å². The van der Waals surface area contributed by atoms with Gasteiger partial charge in [-0.15, -0.1) is 0 Å². The van der Waals surface area contributed by atoms with Gasteiger partial charge in [0.15, 0.2) is 0 Å². The Morgan fingerprint density at radius 2 is 1.66 bits per heavy atom. The number of nitrogens with two attached hydrogens (primary N) is 1. The standard InChI is InChI=1S/C24H15ClF3N3O4/c1-35-23(34)13-7-5-12(6-8-13)20-15-10-9-14(21(29)32)11-18(15)31(30-20)22(33)19-16(24(26,27)28)3-2-4-17(19)25/h2-11H,1H3,(H2,29,32). The van der Waals surface area contributed by atoms with Crippen LogP contribution in [0.3, 0.4) is 0 Å². The van der Waals surface area contributed by atoms with Gasteiger partial charge >= 0.3 is 12.1 Å². The fraction of sp³-hybridized carbons (Fsp3) is 0.0833. The minimum atomic E-state index is -4.86. The number of methoxy groups -OCH3 is 1. The van der Waals surface area contributed by atoms with Crippen LogP contribution in [0, 0.1) is 0 Å². The SMILES string of the molecule is COC(=O)c1ccc(-c2nn(C(=O)c3c(Cl)cccc3C(F)(F)F)c3cc(C(N)=O)ccc23)cc1. The van der Waals surface area contributed by atoms with Gasteiger partial charge in [0.05, 0.1) is 34.3 Å². The molecule has 0 unspecified atom stereocenters. The average Bonchev–Trinajstić information content (AvgIpc) is 3.21. The largest absolute Gasteiger partial charge is 0.465 e. The lowest BCUT2D eigenvalue weighted by molar-refractivity contribution is -0.137. The van der Waals surface area contributed by atoms with Gasteiger partial charge in [0, 0.05) is 16.5 Å². The molecule has 1 aromatic heterocycles. The Kier molecular flexibility index (Phi) is 6.08. The molecule has 3 aromatic carbocycles. The number of fused-ring (bicyclic) bond motifs is 1. The Morgan fingerprint density at radius 3 is 2.26 bits per heavy atom. The summed E-state index contributed by atoms with van der Waals surface area (Å²) in [4.78, 5) is 36.9. The van der Waals surface area contributed by atoms with Gasteiger partial charge in [-0.25, -0.2) is 4.79 Å². The zero-order chi connectivity index (χ0) is 25.5. The van der Waals surface area contributed by atoms with Crippen molar-refractivity contribution in [3.8, 4) is 11.3 Å². The Morgan fingerprint density at radius 1 is 1.00 bits per heavy atom. The normalized spacial score (nSPS) is 11.5. The summed E-state index contributed by atoms with van der Waals surface area (Å²) >= 11 is 6.02. The molecule has 2 N–H and O–H groups in total. The van der Waals surface area contributed by atoms with Crippen molar-refractivity contribution in [3.63, 3.8) is 0 Å². The van der Waals surface area contributed by atoms with Gasteiger partial charge < -0.3 is 10.5 Å². The van der Waals surface area contributed by atoms with E-state index in [0.717, 1.165) is 22.9 Å². The Balaban J connectivity index is 1.96. The molecule has 4 aromatic rings. The second-order valence-electron chi connectivity index (χ2n) is 7.39. The summed E-state index contributed by atoms with van der Waals surface area (Å²) in [5.41, 5.74) is 4.35. The molecule has 35 heavy (non-hydrogen) atoms. The molecule has 0 saturated carbocycles. The third-order valence-electron chi connectivity index (χ3n) is 5.27. The minimum absolute atomic E-state index is 0.0224. The second-order valence-corrected chi connectivity index (χ2v) is 7.80. The highest BCUT2D eigenvalue weighted by Crippen LogP contribution is 2.37. The second kappa shape index (κ2) is 8.88. The molecule has 4 rings (SSSR count). The number of ether oxygens (including phenoxy) is 1. The molecule has 0 spiro atoms. The Bertz CT molecular complexity index is 1490. The van der Waals surface area contributed by atoms with E-state index in [4.69, 9.17) is 17.3 Å². The number of nitrogens with zero attached hydrogens (tertiary/aromatic N) is 2. The Hall–Kier alpha value is -4.18. The highest BCUT2D eigenvalue weighted by atomic mass is 35.5. The van der Waals surface area contributed by atoms with Crippen molar-refractivity contribution in [1.29, 1.82) is 0 Å². The summed E-state index contributed by atoms with van der Waals surface area (Å²) < 4.78 is 46.4. The van der Waals surface area contributed by atoms with Crippen LogP contribution in [0.5, 0.6) is 0 Å². The molecule has 0 fully saturated rings. The van der Waals surface area contributed by atoms with Crippen LogP contribution in [0.4, 0.5) is 13.2 Å². The topological polar surface area (TPSA) is 104 Å². The predicted octanol–water partition coefficient (Wildman–Crippen LogP) is 4.95. The molecular formula is C24H15ClF3N3O4. The van der Waals surface area contributed by atoms with Crippen molar-refractivity contribution in [2.45, 2.75) is 6.18 Å². The maximum atomic E-state index is 13.7. The van der Waals surface area contributed by atoms with Crippen LogP contribution in [-0.4, -0.2) is 34.7 Å². The van der Waals surface area contributed by atoms with Gasteiger partial charge in [-0.3, -0.25) is 9.59 Å². The quantitative estimate of drug-likeness (QED) is 0.398. The lowest BCUT2D eigenvalue weighted by Gasteiger charge is -2.13. The van der Waals surface area contributed by atoms with E-state index >= 15 is 0 Å². The smallest absolute Gasteiger partial charge is 0.417 e. The number of benzene rings is 3. The lowest BCUT2D eigenvalue weighted by atomic mass is 10.0. The lowest BCUT2D eigenvalue weighted by Crippen LogP contribution is -2.20. The number of esters is 1. The third-order valence-corrected chi connectivity index (χ3v) is 5.59. The van der Waals surface area contributed by atoms with Crippen LogP contribution in [0.2, 0.25) is 5.02 Å². The van der Waals surface area contributed by atoms with Crippen LogP contribution in [0.1, 0.15) is 36.6 Å². The van der Waals surface area contributed by atoms with Crippen molar-refractivity contribution < 1.29 is 32.3 Å². The van der Waals surface area contributed by atoms with E-state index < -0.39 is 40.1 Å². The van der Waals surface area contributed by atoms with E-state index in [0.29, 0.717) is 10.9 Å². The number of carbonyl (C=O) groups is 3. The van der Waals surface area contributed by atoms with Crippen molar-refractivity contribution >= 4 is 40.3 Å². The predicted molar refractivity (Wildman–Crippen MR) is 121 cm³/mol. The van der Waals surface area contributed by atoms with Gasteiger partial charge in [-0.2, -0.15) is 23.0 Å². The molecule has 1 heterocycles. The highest BCUT2D eigenvalue weighted by molar-refractivity contribution is 6.34. The molecule has 0 saturated heterocycles. The number of carbonyl (C=O) groups excluding carboxylic acids is 3. The first-order chi connectivity index (χ1) is 16.5. The fourth-order valence-electron chi connectivity index (χ4n) is 3.60. The van der Waals surface area contributed by atoms with Crippen molar-refractivity contribution in [1.82, 2.24) is 9.78 Å². The van der Waals surface area contributed by atoms with E-state index in [1.54, 1.807) is 12.1 Å². The monoisotopic (exact) mass is 501 g/mol. The number of primary amides is 1. The van der Waals surface area contributed by atoms with E-state index in [1.165, 1.54) is 37.4 Å². The number of halogens is 4. The van der Waals surface area contributed by atoms with Gasteiger partial charge in [0.25, 0.3) is 5.91 Å². The van der Waals surface area contributed by atoms with Crippen molar-refractivity contribution in [3.05, 3.63) is 87.9 Å². The summed E-state index contributed by atoms with van der Waals surface area (Å²) in [6, 6.07) is 13.2. The molecular weight excluding hydrogens is 487 g/mol. The van der Waals surface area contributed by atoms with Crippen LogP contribution < -0.4 is 5.73 Å². The first-order valence-electron chi connectivity index (χ1n) is 9.94. The number of hydrogen-bond donors (Lipinski definition) is 1. The molecule has 0 aliphatic carbocycles. The number of amides is 1. The van der Waals surface area contributed by atoms with Crippen LogP contribution in [0.25, 0.3) is 22.2 Å². The molecule has 0 radical (unpaired) electrons. The molecule has 1 amide bonds. The zero-order valence-electron chi connectivity index (χ0n) is 17.9. The summed E-state index contributed by atoms with van der Waals surface area (Å²) in [5, 5.41) is 4.21. The maximum Gasteiger partial charge on any atom is 0.417 e. The first kappa shape index (κ1) is 24.0. The summed E-state index contributed by atoms with van der Waals surface area (Å²) in [6.45, 7) is 0. The number of alkyl halides is 3. The fourth-order valence-corrected chi connectivity index (χ4v) is 3.86. The third kappa shape index (κ3) is 4.35. The average molecular weight is 502 g/mol. The molecule has 11 heteroatoms. The molecule has 178 valence electrons. The molecule has 0 aliphatic heterocycles. The summed E-state index contributed by atoms with van der Waals surface area (Å²) in [5.74, 6) is -2.51. The first-order valence-corrected chi connectivity index (χ1v) is 10.3. The molecule has 0 bridgehead atoms. The van der Waals surface area contributed by atoms with Gasteiger partial charge in [0.1, 0.15) is 5.69 Å². The zero-order valence-corrected chi connectivity index (χ0v) is 18.6. The van der Waals surface area contributed by atoms with E-state index in [-0.39, 0.29) is 22.3 Å². The summed E-state index contributed by atoms with van der Waals surface area (Å²) in [7, 11) is 1.23. The van der Waals surface area contributed by atoms with E-state index in [1.807, 2.05) is 0 Å². The number of hydrogen-bond acceptors (Lipinski definition) is 5. The number of aromatic nitrogens is 2. The molecule has 0 aliphatic rings. The van der Waals surface area contributed by atoms with E-state index in [2.05, 4.69) is 9.84 Å². The maximum absolute atomic E-state index is 13.7. The van der Waals surface area contributed by atoms with Gasteiger partial charge in [0.2, 0.25) is 5.91 Å².